The molecule has 0 saturated carbocycles. The molecule has 96 valence electrons. The number of hydrogen-bond donors (Lipinski definition) is 0. The van der Waals surface area contributed by atoms with E-state index in [-0.39, 0.29) is 5.60 Å². The Kier molecular flexibility index (Phi) is 3.53. The molecule has 18 heavy (non-hydrogen) atoms. The van der Waals surface area contributed by atoms with Gasteiger partial charge in [0, 0.05) is 36.3 Å². The van der Waals surface area contributed by atoms with Gasteiger partial charge < -0.3 is 9.30 Å². The average Bonchev–Trinajstić information content (AvgIpc) is 2.78. The van der Waals surface area contributed by atoms with Gasteiger partial charge in [-0.05, 0) is 44.5 Å². The maximum atomic E-state index is 10.7. The molecule has 1 heterocycles. The van der Waals surface area contributed by atoms with E-state index in [2.05, 4.69) is 24.6 Å². The number of carbonyl (C=O) groups excluding carboxylic acids is 1. The van der Waals surface area contributed by atoms with Gasteiger partial charge in [-0.2, -0.15) is 0 Å². The fraction of sp³-hybridized carbons (Fsp3) is 0.400. The molecule has 0 saturated heterocycles. The highest BCUT2D eigenvalue weighted by molar-refractivity contribution is 5.87. The van der Waals surface area contributed by atoms with E-state index in [9.17, 15) is 4.79 Å². The van der Waals surface area contributed by atoms with Crippen LogP contribution >= 0.6 is 0 Å². The number of rotatable bonds is 5. The van der Waals surface area contributed by atoms with Crippen LogP contribution in [0.25, 0.3) is 10.9 Å². The number of methoxy groups -OCH3 is 1. The highest BCUT2D eigenvalue weighted by atomic mass is 16.5. The molecule has 0 aliphatic rings. The molecule has 0 bridgehead atoms. The van der Waals surface area contributed by atoms with Gasteiger partial charge in [-0.25, -0.2) is 0 Å². The van der Waals surface area contributed by atoms with Crippen molar-refractivity contribution in [3.8, 4) is 0 Å². The van der Waals surface area contributed by atoms with Crippen LogP contribution in [-0.4, -0.2) is 23.6 Å². The Bertz CT molecular complexity index is 555. The summed E-state index contributed by atoms with van der Waals surface area (Å²) in [7, 11) is 1.74. The number of aryl methyl sites for hydroxylation is 1. The van der Waals surface area contributed by atoms with Gasteiger partial charge in [-0.1, -0.05) is 0 Å². The van der Waals surface area contributed by atoms with Crippen LogP contribution in [0.2, 0.25) is 0 Å². The molecule has 1 aromatic heterocycles. The second kappa shape index (κ2) is 4.94. The number of aldehydes is 1. The van der Waals surface area contributed by atoms with Crippen LogP contribution in [0, 0.1) is 0 Å². The van der Waals surface area contributed by atoms with Crippen LogP contribution in [-0.2, 0) is 11.3 Å². The number of ether oxygens (including phenoxy) is 1. The molecule has 0 unspecified atom stereocenters. The number of aromatic nitrogens is 1. The van der Waals surface area contributed by atoms with Crippen molar-refractivity contribution in [1.82, 2.24) is 4.57 Å². The molecular weight excluding hydrogens is 226 g/mol. The van der Waals surface area contributed by atoms with Crippen molar-refractivity contribution in [2.75, 3.05) is 7.11 Å². The van der Waals surface area contributed by atoms with E-state index in [1.165, 1.54) is 0 Å². The van der Waals surface area contributed by atoms with Crippen molar-refractivity contribution in [2.24, 2.45) is 0 Å². The highest BCUT2D eigenvalue weighted by Gasteiger charge is 2.16. The molecule has 2 aromatic rings. The van der Waals surface area contributed by atoms with Gasteiger partial charge in [0.2, 0.25) is 0 Å². The zero-order chi connectivity index (χ0) is 13.2. The average molecular weight is 245 g/mol. The van der Waals surface area contributed by atoms with E-state index in [1.54, 1.807) is 7.11 Å². The lowest BCUT2D eigenvalue weighted by Crippen LogP contribution is -2.24. The lowest BCUT2D eigenvalue weighted by molar-refractivity contribution is 0.0123. The summed E-state index contributed by atoms with van der Waals surface area (Å²) in [4.78, 5) is 10.7. The molecule has 0 spiro atoms. The Labute approximate surface area is 107 Å². The molecule has 0 aliphatic carbocycles. The van der Waals surface area contributed by atoms with Gasteiger partial charge in [0.15, 0.2) is 0 Å². The second-order valence-electron chi connectivity index (χ2n) is 5.16. The van der Waals surface area contributed by atoms with Crippen LogP contribution < -0.4 is 0 Å². The lowest BCUT2D eigenvalue weighted by atomic mass is 10.1. The Morgan fingerprint density at radius 1 is 1.33 bits per heavy atom. The summed E-state index contributed by atoms with van der Waals surface area (Å²) in [6.45, 7) is 5.08. The zero-order valence-corrected chi connectivity index (χ0v) is 11.1. The van der Waals surface area contributed by atoms with Gasteiger partial charge in [-0.15, -0.1) is 0 Å². The first-order valence-electron chi connectivity index (χ1n) is 6.15. The predicted octanol–water partition coefficient (Wildman–Crippen LogP) is 3.27. The van der Waals surface area contributed by atoms with Crippen LogP contribution in [0.15, 0.2) is 30.5 Å². The monoisotopic (exact) mass is 245 g/mol. The van der Waals surface area contributed by atoms with Gasteiger partial charge in [-0.3, -0.25) is 4.79 Å². The summed E-state index contributed by atoms with van der Waals surface area (Å²) >= 11 is 0. The molecule has 3 nitrogen and oxygen atoms in total. The number of hydrogen-bond acceptors (Lipinski definition) is 2. The normalized spacial score (nSPS) is 11.9. The standard InChI is InChI=1S/C15H19NO2/c1-15(2,18-3)7-9-16-8-6-13-10-12(11-17)4-5-14(13)16/h4-6,8,10-11H,7,9H2,1-3H3. The first kappa shape index (κ1) is 12.8. The van der Waals surface area contributed by atoms with Crippen molar-refractivity contribution in [1.29, 1.82) is 0 Å². The number of fused-ring (bicyclic) bond motifs is 1. The van der Waals surface area contributed by atoms with Gasteiger partial charge in [0.1, 0.15) is 6.29 Å². The number of benzene rings is 1. The van der Waals surface area contributed by atoms with E-state index in [0.717, 1.165) is 35.7 Å². The van der Waals surface area contributed by atoms with Crippen molar-refractivity contribution in [3.05, 3.63) is 36.0 Å². The van der Waals surface area contributed by atoms with Gasteiger partial charge in [0.25, 0.3) is 0 Å². The number of carbonyl (C=O) groups is 1. The molecule has 0 amide bonds. The topological polar surface area (TPSA) is 31.2 Å². The molecule has 2 rings (SSSR count). The first-order chi connectivity index (χ1) is 8.55. The Morgan fingerprint density at radius 2 is 2.11 bits per heavy atom. The molecule has 0 N–H and O–H groups in total. The summed E-state index contributed by atoms with van der Waals surface area (Å²) in [5.74, 6) is 0. The minimum absolute atomic E-state index is 0.112. The summed E-state index contributed by atoms with van der Waals surface area (Å²) in [6, 6.07) is 7.81. The highest BCUT2D eigenvalue weighted by Crippen LogP contribution is 2.20. The van der Waals surface area contributed by atoms with E-state index in [0.29, 0.717) is 0 Å². The fourth-order valence-corrected chi connectivity index (χ4v) is 1.98. The van der Waals surface area contributed by atoms with Gasteiger partial charge >= 0.3 is 0 Å². The Balaban J connectivity index is 2.22. The third-order valence-electron chi connectivity index (χ3n) is 3.44. The Morgan fingerprint density at radius 3 is 2.78 bits per heavy atom. The zero-order valence-electron chi connectivity index (χ0n) is 11.1. The fourth-order valence-electron chi connectivity index (χ4n) is 1.98. The van der Waals surface area contributed by atoms with Crippen LogP contribution in [0.1, 0.15) is 30.6 Å². The SMILES string of the molecule is COC(C)(C)CCn1ccc2cc(C=O)ccc21. The van der Waals surface area contributed by atoms with Crippen molar-refractivity contribution in [3.63, 3.8) is 0 Å². The smallest absolute Gasteiger partial charge is 0.150 e. The molecule has 0 radical (unpaired) electrons. The molecule has 0 fully saturated rings. The molecular formula is C15H19NO2. The van der Waals surface area contributed by atoms with E-state index >= 15 is 0 Å². The van der Waals surface area contributed by atoms with E-state index in [4.69, 9.17) is 4.74 Å². The second-order valence-corrected chi connectivity index (χ2v) is 5.16. The molecule has 0 atom stereocenters. The van der Waals surface area contributed by atoms with E-state index < -0.39 is 0 Å². The first-order valence-corrected chi connectivity index (χ1v) is 6.15. The molecule has 1 aromatic carbocycles. The predicted molar refractivity (Wildman–Crippen MR) is 73.0 cm³/mol. The van der Waals surface area contributed by atoms with Crippen LogP contribution in [0.4, 0.5) is 0 Å². The van der Waals surface area contributed by atoms with Crippen LogP contribution in [0.5, 0.6) is 0 Å². The lowest BCUT2D eigenvalue weighted by Gasteiger charge is -2.23. The van der Waals surface area contributed by atoms with E-state index in [1.807, 2.05) is 24.3 Å². The summed E-state index contributed by atoms with van der Waals surface area (Å²) in [6.07, 6.45) is 3.89. The molecule has 0 aliphatic heterocycles. The van der Waals surface area contributed by atoms with Crippen molar-refractivity contribution >= 4 is 17.2 Å². The van der Waals surface area contributed by atoms with Crippen molar-refractivity contribution in [2.45, 2.75) is 32.4 Å². The summed E-state index contributed by atoms with van der Waals surface area (Å²) < 4.78 is 7.62. The third-order valence-corrected chi connectivity index (χ3v) is 3.44. The quantitative estimate of drug-likeness (QED) is 0.757. The minimum Gasteiger partial charge on any atom is -0.379 e. The third kappa shape index (κ3) is 2.62. The summed E-state index contributed by atoms with van der Waals surface area (Å²) in [5.41, 5.74) is 1.77. The number of nitrogens with zero attached hydrogens (tertiary/aromatic N) is 1. The van der Waals surface area contributed by atoms with Crippen LogP contribution in [0.3, 0.4) is 0 Å². The minimum atomic E-state index is -0.112. The van der Waals surface area contributed by atoms with Gasteiger partial charge in [0.05, 0.1) is 5.60 Å². The maximum Gasteiger partial charge on any atom is 0.150 e. The summed E-state index contributed by atoms with van der Waals surface area (Å²) in [5, 5.41) is 1.11. The Hall–Kier alpha value is -1.61. The maximum absolute atomic E-state index is 10.7. The van der Waals surface area contributed by atoms with Crippen molar-refractivity contribution < 1.29 is 9.53 Å². The molecule has 3 heteroatoms. The largest absolute Gasteiger partial charge is 0.379 e.